The number of para-hydroxylation sites is 1. The molecule has 3 atom stereocenters. The number of pyridine rings is 2. The first-order chi connectivity index (χ1) is 15.7. The molecule has 172 valence electrons. The second kappa shape index (κ2) is 7.78. The highest BCUT2D eigenvalue weighted by molar-refractivity contribution is 5.86. The SMILES string of the molecule is CC(C)(COc1cccc2ccc(-c3nnc4ccccn34)nc12)[C@H]1C[C@@H](O)C(C)(C)[C@@H]1O. The van der Waals surface area contributed by atoms with Crippen molar-refractivity contribution in [2.45, 2.75) is 46.3 Å². The summed E-state index contributed by atoms with van der Waals surface area (Å²) in [6.07, 6.45) is 1.35. The topological polar surface area (TPSA) is 92.8 Å². The van der Waals surface area contributed by atoms with Crippen molar-refractivity contribution in [3.8, 4) is 17.3 Å². The maximum Gasteiger partial charge on any atom is 0.187 e. The molecule has 1 saturated carbocycles. The zero-order chi connectivity index (χ0) is 23.4. The standard InChI is InChI=1S/C26H30N4O3/c1-25(2,17-14-20(31)26(3,4)23(17)32)15-33-19-9-7-8-16-11-12-18(27-22(16)19)24-29-28-21-10-5-6-13-30(21)24/h5-13,17,20,23,31-32H,14-15H2,1-4H3/t17-,20+,23+/m0/s1. The molecule has 3 heterocycles. The second-order valence-electron chi connectivity index (χ2n) is 10.4. The molecule has 7 heteroatoms. The van der Waals surface area contributed by atoms with Crippen LogP contribution in [0.5, 0.6) is 5.75 Å². The number of ether oxygens (including phenoxy) is 1. The number of benzene rings is 1. The summed E-state index contributed by atoms with van der Waals surface area (Å²) < 4.78 is 8.22. The van der Waals surface area contributed by atoms with Gasteiger partial charge in [0.25, 0.3) is 0 Å². The Morgan fingerprint density at radius 1 is 1.06 bits per heavy atom. The van der Waals surface area contributed by atoms with Crippen molar-refractivity contribution in [2.24, 2.45) is 16.7 Å². The maximum absolute atomic E-state index is 10.9. The summed E-state index contributed by atoms with van der Waals surface area (Å²) >= 11 is 0. The highest BCUT2D eigenvalue weighted by Crippen LogP contribution is 2.49. The largest absolute Gasteiger partial charge is 0.491 e. The van der Waals surface area contributed by atoms with Gasteiger partial charge < -0.3 is 14.9 Å². The van der Waals surface area contributed by atoms with E-state index in [9.17, 15) is 10.2 Å². The number of rotatable bonds is 5. The third kappa shape index (κ3) is 3.65. The molecule has 0 bridgehead atoms. The van der Waals surface area contributed by atoms with E-state index in [1.54, 1.807) is 0 Å². The molecular weight excluding hydrogens is 416 g/mol. The third-order valence-corrected chi connectivity index (χ3v) is 7.31. The summed E-state index contributed by atoms with van der Waals surface area (Å²) in [7, 11) is 0. The lowest BCUT2D eigenvalue weighted by Crippen LogP contribution is -2.40. The van der Waals surface area contributed by atoms with E-state index in [4.69, 9.17) is 9.72 Å². The van der Waals surface area contributed by atoms with Gasteiger partial charge in [-0.1, -0.05) is 52.0 Å². The van der Waals surface area contributed by atoms with Crippen LogP contribution in [0.15, 0.2) is 54.7 Å². The molecule has 2 N–H and O–H groups in total. The van der Waals surface area contributed by atoms with Crippen LogP contribution in [0.25, 0.3) is 28.1 Å². The molecule has 3 aromatic heterocycles. The highest BCUT2D eigenvalue weighted by atomic mass is 16.5. The first-order valence-corrected chi connectivity index (χ1v) is 11.4. The summed E-state index contributed by atoms with van der Waals surface area (Å²) in [5.41, 5.74) is 1.37. The quantitative estimate of drug-likeness (QED) is 0.479. The summed E-state index contributed by atoms with van der Waals surface area (Å²) in [6.45, 7) is 8.41. The number of aliphatic hydroxyl groups is 2. The van der Waals surface area contributed by atoms with Gasteiger partial charge in [0.05, 0.1) is 18.8 Å². The average Bonchev–Trinajstić information content (AvgIpc) is 3.32. The van der Waals surface area contributed by atoms with Crippen LogP contribution < -0.4 is 4.74 Å². The minimum Gasteiger partial charge on any atom is -0.491 e. The van der Waals surface area contributed by atoms with Gasteiger partial charge >= 0.3 is 0 Å². The van der Waals surface area contributed by atoms with Crippen molar-refractivity contribution in [3.05, 3.63) is 54.7 Å². The fourth-order valence-electron chi connectivity index (χ4n) is 4.88. The van der Waals surface area contributed by atoms with Crippen molar-refractivity contribution in [2.75, 3.05) is 6.61 Å². The Morgan fingerprint density at radius 3 is 2.64 bits per heavy atom. The zero-order valence-corrected chi connectivity index (χ0v) is 19.4. The summed E-state index contributed by atoms with van der Waals surface area (Å²) in [4.78, 5) is 4.88. The Balaban J connectivity index is 1.45. The van der Waals surface area contributed by atoms with E-state index < -0.39 is 17.6 Å². The van der Waals surface area contributed by atoms with Gasteiger partial charge in [0.1, 0.15) is 17.0 Å². The number of hydrogen-bond donors (Lipinski definition) is 2. The summed E-state index contributed by atoms with van der Waals surface area (Å²) in [5, 5.41) is 30.9. The lowest BCUT2D eigenvalue weighted by Gasteiger charge is -2.36. The molecule has 0 amide bonds. The fourth-order valence-corrected chi connectivity index (χ4v) is 4.88. The molecule has 1 aliphatic rings. The monoisotopic (exact) mass is 446 g/mol. The lowest BCUT2D eigenvalue weighted by atomic mass is 9.74. The molecule has 1 aromatic carbocycles. The molecule has 7 nitrogen and oxygen atoms in total. The molecule has 0 aliphatic heterocycles. The van der Waals surface area contributed by atoms with E-state index in [1.165, 1.54) is 0 Å². The normalized spacial score (nSPS) is 22.8. The lowest BCUT2D eigenvalue weighted by molar-refractivity contribution is -0.0322. The van der Waals surface area contributed by atoms with E-state index in [0.717, 1.165) is 16.6 Å². The number of aromatic nitrogens is 4. The van der Waals surface area contributed by atoms with Crippen molar-refractivity contribution < 1.29 is 14.9 Å². The van der Waals surface area contributed by atoms with Crippen molar-refractivity contribution in [1.82, 2.24) is 19.6 Å². The van der Waals surface area contributed by atoms with Crippen LogP contribution in [0.4, 0.5) is 0 Å². The van der Waals surface area contributed by atoms with E-state index in [1.807, 2.05) is 73.0 Å². The van der Waals surface area contributed by atoms with Gasteiger partial charge in [0.15, 0.2) is 11.5 Å². The summed E-state index contributed by atoms with van der Waals surface area (Å²) in [6, 6.07) is 15.6. The molecule has 0 unspecified atom stereocenters. The molecule has 33 heavy (non-hydrogen) atoms. The Morgan fingerprint density at radius 2 is 1.88 bits per heavy atom. The van der Waals surface area contributed by atoms with E-state index >= 15 is 0 Å². The predicted octanol–water partition coefficient (Wildman–Crippen LogP) is 4.12. The van der Waals surface area contributed by atoms with Crippen LogP contribution in [-0.4, -0.2) is 48.6 Å². The van der Waals surface area contributed by atoms with Crippen molar-refractivity contribution in [3.63, 3.8) is 0 Å². The average molecular weight is 447 g/mol. The molecule has 1 aliphatic carbocycles. The van der Waals surface area contributed by atoms with Crippen molar-refractivity contribution in [1.29, 1.82) is 0 Å². The number of nitrogens with zero attached hydrogens (tertiary/aromatic N) is 4. The maximum atomic E-state index is 10.9. The van der Waals surface area contributed by atoms with Gasteiger partial charge in [-0.3, -0.25) is 4.40 Å². The van der Waals surface area contributed by atoms with Gasteiger partial charge in [0, 0.05) is 22.4 Å². The molecule has 0 saturated heterocycles. The van der Waals surface area contributed by atoms with Crippen LogP contribution in [0.3, 0.4) is 0 Å². The van der Waals surface area contributed by atoms with E-state index in [-0.39, 0.29) is 11.3 Å². The van der Waals surface area contributed by atoms with Crippen LogP contribution in [-0.2, 0) is 0 Å². The molecule has 5 rings (SSSR count). The molecule has 0 radical (unpaired) electrons. The van der Waals surface area contributed by atoms with Gasteiger partial charge in [0.2, 0.25) is 0 Å². The number of hydrogen-bond acceptors (Lipinski definition) is 6. The Kier molecular flexibility index (Phi) is 5.14. The van der Waals surface area contributed by atoms with Crippen LogP contribution in [0.2, 0.25) is 0 Å². The van der Waals surface area contributed by atoms with Gasteiger partial charge in [-0.05, 0) is 36.6 Å². The Hall–Kier alpha value is -3.03. The van der Waals surface area contributed by atoms with Gasteiger partial charge in [-0.15, -0.1) is 10.2 Å². The molecule has 1 fully saturated rings. The van der Waals surface area contributed by atoms with E-state index in [0.29, 0.717) is 30.3 Å². The molecule has 4 aromatic rings. The van der Waals surface area contributed by atoms with Crippen molar-refractivity contribution >= 4 is 16.6 Å². The highest BCUT2D eigenvalue weighted by Gasteiger charge is 2.52. The van der Waals surface area contributed by atoms with Gasteiger partial charge in [-0.2, -0.15) is 0 Å². The number of aliphatic hydroxyl groups excluding tert-OH is 2. The van der Waals surface area contributed by atoms with Crippen LogP contribution in [0, 0.1) is 16.7 Å². The molecule has 0 spiro atoms. The predicted molar refractivity (Wildman–Crippen MR) is 127 cm³/mol. The second-order valence-corrected chi connectivity index (χ2v) is 10.4. The van der Waals surface area contributed by atoms with Gasteiger partial charge in [-0.25, -0.2) is 4.98 Å². The third-order valence-electron chi connectivity index (χ3n) is 7.31. The Labute approximate surface area is 193 Å². The minimum atomic E-state index is -0.593. The first-order valence-electron chi connectivity index (χ1n) is 11.4. The van der Waals surface area contributed by atoms with Crippen LogP contribution >= 0.6 is 0 Å². The van der Waals surface area contributed by atoms with Crippen LogP contribution in [0.1, 0.15) is 34.1 Å². The fraction of sp³-hybridized carbons (Fsp3) is 0.423. The zero-order valence-electron chi connectivity index (χ0n) is 19.4. The number of fused-ring (bicyclic) bond motifs is 2. The smallest absolute Gasteiger partial charge is 0.187 e. The first kappa shape index (κ1) is 21.8. The van der Waals surface area contributed by atoms with E-state index in [2.05, 4.69) is 24.0 Å². The molecular formula is C26H30N4O3. The Bertz CT molecular complexity index is 1310. The summed E-state index contributed by atoms with van der Waals surface area (Å²) in [5.74, 6) is 1.29. The minimum absolute atomic E-state index is 0.0663.